The van der Waals surface area contributed by atoms with Gasteiger partial charge in [-0.3, -0.25) is 9.48 Å². The molecule has 0 aromatic carbocycles. The van der Waals surface area contributed by atoms with E-state index in [9.17, 15) is 4.79 Å². The Labute approximate surface area is 141 Å². The Morgan fingerprint density at radius 2 is 2.21 bits per heavy atom. The zero-order valence-corrected chi connectivity index (χ0v) is 14.3. The Morgan fingerprint density at radius 1 is 1.42 bits per heavy atom. The molecular weight excluding hydrogens is 306 g/mol. The molecule has 24 heavy (non-hydrogen) atoms. The third-order valence-electron chi connectivity index (χ3n) is 4.53. The van der Waals surface area contributed by atoms with E-state index in [1.807, 2.05) is 42.6 Å². The molecule has 1 aliphatic rings. The molecule has 1 fully saturated rings. The molecule has 0 unspecified atom stereocenters. The lowest BCUT2D eigenvalue weighted by Crippen LogP contribution is -2.43. The van der Waals surface area contributed by atoms with Gasteiger partial charge < -0.3 is 15.4 Å². The van der Waals surface area contributed by atoms with Crippen molar-refractivity contribution in [2.24, 2.45) is 7.05 Å². The summed E-state index contributed by atoms with van der Waals surface area (Å²) in [5.41, 5.74) is 9.45. The first-order chi connectivity index (χ1) is 11.5. The second-order valence-corrected chi connectivity index (χ2v) is 6.14. The van der Waals surface area contributed by atoms with Crippen LogP contribution < -0.4 is 5.73 Å². The lowest BCUT2D eigenvalue weighted by Gasteiger charge is -2.32. The summed E-state index contributed by atoms with van der Waals surface area (Å²) in [6.45, 7) is 5.51. The largest absolute Gasteiger partial charge is 0.384 e. The number of hydrogen-bond donors (Lipinski definition) is 1. The molecule has 1 saturated heterocycles. The normalized spacial score (nSPS) is 18.0. The van der Waals surface area contributed by atoms with Crippen LogP contribution in [0, 0.1) is 13.8 Å². The van der Waals surface area contributed by atoms with Crippen LogP contribution in [0.3, 0.4) is 0 Å². The van der Waals surface area contributed by atoms with E-state index in [1.54, 1.807) is 6.07 Å². The summed E-state index contributed by atoms with van der Waals surface area (Å²) in [5.74, 6) is 0.549. The average molecular weight is 329 g/mol. The van der Waals surface area contributed by atoms with Gasteiger partial charge in [0.1, 0.15) is 11.9 Å². The highest BCUT2D eigenvalue weighted by Crippen LogP contribution is 2.22. The van der Waals surface area contributed by atoms with Crippen LogP contribution >= 0.6 is 0 Å². The predicted octanol–water partition coefficient (Wildman–Crippen LogP) is 1.16. The number of rotatable bonds is 3. The van der Waals surface area contributed by atoms with E-state index < -0.39 is 0 Å². The Balaban J connectivity index is 1.71. The maximum Gasteiger partial charge on any atom is 0.227 e. The van der Waals surface area contributed by atoms with Gasteiger partial charge in [0.05, 0.1) is 31.0 Å². The molecule has 1 amide bonds. The number of aryl methyl sites for hydroxylation is 2. The van der Waals surface area contributed by atoms with Gasteiger partial charge in [-0.2, -0.15) is 5.10 Å². The van der Waals surface area contributed by atoms with Crippen molar-refractivity contribution in [2.45, 2.75) is 26.4 Å². The SMILES string of the molecule is Cc1nn(C)c(C)c1CC(=O)N1CCO[C@H](c2cccc(N)n2)C1. The van der Waals surface area contributed by atoms with Crippen LogP contribution in [-0.4, -0.2) is 45.3 Å². The van der Waals surface area contributed by atoms with E-state index in [4.69, 9.17) is 10.5 Å². The summed E-state index contributed by atoms with van der Waals surface area (Å²) < 4.78 is 7.59. The highest BCUT2D eigenvalue weighted by molar-refractivity contribution is 5.79. The van der Waals surface area contributed by atoms with Crippen LogP contribution in [0.1, 0.15) is 28.7 Å². The number of nitrogen functional groups attached to an aromatic ring is 1. The van der Waals surface area contributed by atoms with Gasteiger partial charge in [0.2, 0.25) is 5.91 Å². The maximum absolute atomic E-state index is 12.7. The van der Waals surface area contributed by atoms with E-state index in [2.05, 4.69) is 10.1 Å². The van der Waals surface area contributed by atoms with Gasteiger partial charge >= 0.3 is 0 Å². The van der Waals surface area contributed by atoms with Crippen molar-refractivity contribution in [3.8, 4) is 0 Å². The van der Waals surface area contributed by atoms with Crippen molar-refractivity contribution in [3.05, 3.63) is 40.8 Å². The van der Waals surface area contributed by atoms with Crippen molar-refractivity contribution in [2.75, 3.05) is 25.4 Å². The molecule has 0 aliphatic carbocycles. The fourth-order valence-electron chi connectivity index (χ4n) is 3.04. The van der Waals surface area contributed by atoms with Gasteiger partial charge in [-0.25, -0.2) is 4.98 Å². The number of nitrogens with zero attached hydrogens (tertiary/aromatic N) is 4. The number of nitrogens with two attached hydrogens (primary N) is 1. The topological polar surface area (TPSA) is 86.3 Å². The lowest BCUT2D eigenvalue weighted by molar-refractivity contribution is -0.138. The Hall–Kier alpha value is -2.41. The highest BCUT2D eigenvalue weighted by Gasteiger charge is 2.27. The number of morpholine rings is 1. The molecule has 128 valence electrons. The van der Waals surface area contributed by atoms with Gasteiger partial charge in [0, 0.05) is 24.8 Å². The number of carbonyl (C=O) groups excluding carboxylic acids is 1. The van der Waals surface area contributed by atoms with Crippen molar-refractivity contribution in [1.82, 2.24) is 19.7 Å². The van der Waals surface area contributed by atoms with Crippen molar-refractivity contribution in [3.63, 3.8) is 0 Å². The third kappa shape index (κ3) is 3.26. The number of ether oxygens (including phenoxy) is 1. The summed E-state index contributed by atoms with van der Waals surface area (Å²) in [6, 6.07) is 5.47. The number of pyridine rings is 1. The molecule has 1 atom stereocenters. The Bertz CT molecular complexity index is 755. The van der Waals surface area contributed by atoms with Crippen LogP contribution in [0.2, 0.25) is 0 Å². The van der Waals surface area contributed by atoms with Gasteiger partial charge in [-0.1, -0.05) is 6.07 Å². The third-order valence-corrected chi connectivity index (χ3v) is 4.53. The number of hydrogen-bond acceptors (Lipinski definition) is 5. The molecule has 1 aliphatic heterocycles. The number of anilines is 1. The molecule has 3 rings (SSSR count). The molecular formula is C17H23N5O2. The minimum absolute atomic E-state index is 0.0893. The molecule has 0 spiro atoms. The van der Waals surface area contributed by atoms with E-state index >= 15 is 0 Å². The van der Waals surface area contributed by atoms with Crippen LogP contribution in [0.4, 0.5) is 5.82 Å². The quantitative estimate of drug-likeness (QED) is 0.913. The Morgan fingerprint density at radius 3 is 2.88 bits per heavy atom. The lowest BCUT2D eigenvalue weighted by atomic mass is 10.1. The van der Waals surface area contributed by atoms with Crippen LogP contribution in [0.5, 0.6) is 0 Å². The number of aromatic nitrogens is 3. The van der Waals surface area contributed by atoms with Gasteiger partial charge in [0.15, 0.2) is 0 Å². The van der Waals surface area contributed by atoms with Gasteiger partial charge in [-0.15, -0.1) is 0 Å². The molecule has 0 bridgehead atoms. The fraction of sp³-hybridized carbons (Fsp3) is 0.471. The smallest absolute Gasteiger partial charge is 0.227 e. The van der Waals surface area contributed by atoms with Crippen molar-refractivity contribution >= 4 is 11.7 Å². The summed E-state index contributed by atoms with van der Waals surface area (Å²) in [7, 11) is 1.90. The van der Waals surface area contributed by atoms with Crippen LogP contribution in [-0.2, 0) is 23.0 Å². The Kier molecular flexibility index (Phi) is 4.53. The molecule has 7 heteroatoms. The molecule has 2 aromatic heterocycles. The standard InChI is InChI=1S/C17H23N5O2/c1-11-13(12(2)21(3)20-11)9-17(23)22-7-8-24-15(10-22)14-5-4-6-16(18)19-14/h4-6,15H,7-10H2,1-3H3,(H2,18,19)/t15-/m0/s1. The van der Waals surface area contributed by atoms with Crippen molar-refractivity contribution < 1.29 is 9.53 Å². The van der Waals surface area contributed by atoms with Crippen LogP contribution in [0.25, 0.3) is 0 Å². The van der Waals surface area contributed by atoms with Gasteiger partial charge in [0.25, 0.3) is 0 Å². The van der Waals surface area contributed by atoms with E-state index in [1.165, 1.54) is 0 Å². The first-order valence-corrected chi connectivity index (χ1v) is 8.06. The number of carbonyl (C=O) groups is 1. The monoisotopic (exact) mass is 329 g/mol. The second kappa shape index (κ2) is 6.60. The molecule has 2 N–H and O–H groups in total. The fourth-order valence-corrected chi connectivity index (χ4v) is 3.04. The zero-order valence-electron chi connectivity index (χ0n) is 14.3. The average Bonchev–Trinajstić information content (AvgIpc) is 2.81. The molecule has 7 nitrogen and oxygen atoms in total. The zero-order chi connectivity index (χ0) is 17.3. The molecule has 0 radical (unpaired) electrons. The molecule has 2 aromatic rings. The summed E-state index contributed by atoms with van der Waals surface area (Å²) in [4.78, 5) is 18.9. The van der Waals surface area contributed by atoms with Gasteiger partial charge in [-0.05, 0) is 26.0 Å². The predicted molar refractivity (Wildman–Crippen MR) is 90.3 cm³/mol. The van der Waals surface area contributed by atoms with Crippen molar-refractivity contribution in [1.29, 1.82) is 0 Å². The first-order valence-electron chi connectivity index (χ1n) is 8.06. The van der Waals surface area contributed by atoms with E-state index in [0.717, 1.165) is 22.6 Å². The minimum Gasteiger partial charge on any atom is -0.384 e. The van der Waals surface area contributed by atoms with E-state index in [0.29, 0.717) is 31.9 Å². The summed E-state index contributed by atoms with van der Waals surface area (Å²) in [6.07, 6.45) is 0.130. The molecule has 0 saturated carbocycles. The minimum atomic E-state index is -0.234. The maximum atomic E-state index is 12.7. The highest BCUT2D eigenvalue weighted by atomic mass is 16.5. The number of amides is 1. The summed E-state index contributed by atoms with van der Waals surface area (Å²) in [5, 5.41) is 4.38. The summed E-state index contributed by atoms with van der Waals surface area (Å²) >= 11 is 0. The molecule has 3 heterocycles. The van der Waals surface area contributed by atoms with Crippen LogP contribution in [0.15, 0.2) is 18.2 Å². The van der Waals surface area contributed by atoms with E-state index in [-0.39, 0.29) is 12.0 Å². The second-order valence-electron chi connectivity index (χ2n) is 6.14. The first kappa shape index (κ1) is 16.4.